The molecular formula is C14H21N3O. The summed E-state index contributed by atoms with van der Waals surface area (Å²) in [6.45, 7) is 6.88. The van der Waals surface area contributed by atoms with E-state index in [4.69, 9.17) is 5.73 Å². The predicted molar refractivity (Wildman–Crippen MR) is 72.7 cm³/mol. The molecule has 2 rings (SSSR count). The Kier molecular flexibility index (Phi) is 3.99. The van der Waals surface area contributed by atoms with E-state index in [2.05, 4.69) is 5.32 Å². The second-order valence-electron chi connectivity index (χ2n) is 4.91. The summed E-state index contributed by atoms with van der Waals surface area (Å²) in [5.74, 6) is 0.101. The van der Waals surface area contributed by atoms with Crippen LogP contribution in [0.1, 0.15) is 21.5 Å². The fraction of sp³-hybridized carbons (Fsp3) is 0.500. The minimum atomic E-state index is 0.101. The van der Waals surface area contributed by atoms with Crippen molar-refractivity contribution in [3.63, 3.8) is 0 Å². The molecule has 0 spiro atoms. The van der Waals surface area contributed by atoms with E-state index in [9.17, 15) is 4.79 Å². The second-order valence-corrected chi connectivity index (χ2v) is 4.91. The molecule has 1 atom stereocenters. The van der Waals surface area contributed by atoms with Crippen LogP contribution in [0, 0.1) is 13.8 Å². The van der Waals surface area contributed by atoms with Crippen molar-refractivity contribution in [3.8, 4) is 0 Å². The standard InChI is InChI=1S/C14H21N3O/c1-10-3-4-13(11(2)7-10)14(18)17-6-5-16-9-12(17)8-15/h3-4,7,12,16H,5-6,8-9,15H2,1-2H3. The third-order valence-corrected chi connectivity index (χ3v) is 3.50. The Balaban J connectivity index is 2.24. The van der Waals surface area contributed by atoms with Gasteiger partial charge in [-0.2, -0.15) is 0 Å². The summed E-state index contributed by atoms with van der Waals surface area (Å²) in [7, 11) is 0. The summed E-state index contributed by atoms with van der Waals surface area (Å²) in [5.41, 5.74) is 8.75. The second kappa shape index (κ2) is 5.50. The van der Waals surface area contributed by atoms with Crippen molar-refractivity contribution >= 4 is 5.91 Å². The molecule has 98 valence electrons. The highest BCUT2D eigenvalue weighted by molar-refractivity contribution is 5.96. The van der Waals surface area contributed by atoms with E-state index in [-0.39, 0.29) is 11.9 Å². The first-order chi connectivity index (χ1) is 8.63. The zero-order valence-electron chi connectivity index (χ0n) is 11.1. The lowest BCUT2D eigenvalue weighted by Gasteiger charge is -2.35. The Bertz CT molecular complexity index is 445. The molecule has 1 heterocycles. The molecular weight excluding hydrogens is 226 g/mol. The summed E-state index contributed by atoms with van der Waals surface area (Å²) in [4.78, 5) is 14.4. The lowest BCUT2D eigenvalue weighted by molar-refractivity contribution is 0.0644. The van der Waals surface area contributed by atoms with Gasteiger partial charge in [-0.05, 0) is 25.5 Å². The van der Waals surface area contributed by atoms with Gasteiger partial charge in [0.1, 0.15) is 0 Å². The van der Waals surface area contributed by atoms with Crippen LogP contribution in [0.3, 0.4) is 0 Å². The molecule has 4 nitrogen and oxygen atoms in total. The molecule has 1 aliphatic rings. The number of rotatable bonds is 2. The van der Waals surface area contributed by atoms with Crippen molar-refractivity contribution in [2.75, 3.05) is 26.2 Å². The number of benzene rings is 1. The van der Waals surface area contributed by atoms with E-state index in [1.165, 1.54) is 5.56 Å². The fourth-order valence-corrected chi connectivity index (χ4v) is 2.45. The Labute approximate surface area is 108 Å². The molecule has 0 radical (unpaired) electrons. The van der Waals surface area contributed by atoms with Crippen molar-refractivity contribution in [3.05, 3.63) is 34.9 Å². The highest BCUT2D eigenvalue weighted by Gasteiger charge is 2.26. The summed E-state index contributed by atoms with van der Waals surface area (Å²) in [6.07, 6.45) is 0. The van der Waals surface area contributed by atoms with Crippen LogP contribution in [-0.2, 0) is 0 Å². The molecule has 1 aromatic carbocycles. The van der Waals surface area contributed by atoms with Crippen LogP contribution in [0.4, 0.5) is 0 Å². The van der Waals surface area contributed by atoms with Gasteiger partial charge in [0.2, 0.25) is 0 Å². The van der Waals surface area contributed by atoms with Gasteiger partial charge >= 0.3 is 0 Å². The molecule has 1 aromatic rings. The van der Waals surface area contributed by atoms with Crippen molar-refractivity contribution in [1.82, 2.24) is 10.2 Å². The third kappa shape index (κ3) is 2.54. The summed E-state index contributed by atoms with van der Waals surface area (Å²) < 4.78 is 0. The highest BCUT2D eigenvalue weighted by Crippen LogP contribution is 2.15. The van der Waals surface area contributed by atoms with Crippen molar-refractivity contribution in [2.24, 2.45) is 5.73 Å². The predicted octanol–water partition coefficient (Wildman–Crippen LogP) is 0.676. The van der Waals surface area contributed by atoms with E-state index >= 15 is 0 Å². The van der Waals surface area contributed by atoms with E-state index in [0.29, 0.717) is 6.54 Å². The number of nitrogens with one attached hydrogen (secondary N) is 1. The van der Waals surface area contributed by atoms with Crippen molar-refractivity contribution < 1.29 is 4.79 Å². The van der Waals surface area contributed by atoms with Gasteiger partial charge in [-0.25, -0.2) is 0 Å². The first-order valence-corrected chi connectivity index (χ1v) is 6.42. The van der Waals surface area contributed by atoms with Gasteiger partial charge in [0, 0.05) is 31.7 Å². The maximum atomic E-state index is 12.5. The molecule has 0 aromatic heterocycles. The van der Waals surface area contributed by atoms with Crippen LogP contribution in [0.2, 0.25) is 0 Å². The monoisotopic (exact) mass is 247 g/mol. The Morgan fingerprint density at radius 2 is 2.28 bits per heavy atom. The maximum absolute atomic E-state index is 12.5. The van der Waals surface area contributed by atoms with Crippen LogP contribution < -0.4 is 11.1 Å². The number of aryl methyl sites for hydroxylation is 2. The van der Waals surface area contributed by atoms with E-state index in [0.717, 1.165) is 30.8 Å². The zero-order valence-corrected chi connectivity index (χ0v) is 11.1. The van der Waals surface area contributed by atoms with Crippen LogP contribution in [0.15, 0.2) is 18.2 Å². The first-order valence-electron chi connectivity index (χ1n) is 6.42. The third-order valence-electron chi connectivity index (χ3n) is 3.50. The molecule has 1 fully saturated rings. The highest BCUT2D eigenvalue weighted by atomic mass is 16.2. The lowest BCUT2D eigenvalue weighted by Crippen LogP contribution is -2.56. The van der Waals surface area contributed by atoms with Gasteiger partial charge in [0.05, 0.1) is 6.04 Å². The van der Waals surface area contributed by atoms with Gasteiger partial charge in [-0.3, -0.25) is 4.79 Å². The molecule has 4 heteroatoms. The normalized spacial score (nSPS) is 19.9. The SMILES string of the molecule is Cc1ccc(C(=O)N2CCNCC2CN)c(C)c1. The van der Waals surface area contributed by atoms with Crippen LogP contribution >= 0.6 is 0 Å². The molecule has 0 saturated carbocycles. The molecule has 0 aliphatic carbocycles. The number of amides is 1. The molecule has 3 N–H and O–H groups in total. The number of nitrogens with two attached hydrogens (primary N) is 1. The summed E-state index contributed by atoms with van der Waals surface area (Å²) in [5, 5.41) is 3.27. The maximum Gasteiger partial charge on any atom is 0.254 e. The molecule has 1 saturated heterocycles. The first kappa shape index (κ1) is 13.1. The van der Waals surface area contributed by atoms with Gasteiger partial charge < -0.3 is 16.0 Å². The minimum absolute atomic E-state index is 0.101. The van der Waals surface area contributed by atoms with Crippen LogP contribution in [0.5, 0.6) is 0 Å². The number of nitrogens with zero attached hydrogens (tertiary/aromatic N) is 1. The fourth-order valence-electron chi connectivity index (χ4n) is 2.45. The Morgan fingerprint density at radius 3 is 2.94 bits per heavy atom. The number of hydrogen-bond donors (Lipinski definition) is 2. The lowest BCUT2D eigenvalue weighted by atomic mass is 10.0. The van der Waals surface area contributed by atoms with Gasteiger partial charge in [-0.1, -0.05) is 17.7 Å². The summed E-state index contributed by atoms with van der Waals surface area (Å²) >= 11 is 0. The molecule has 1 aliphatic heterocycles. The Morgan fingerprint density at radius 1 is 1.50 bits per heavy atom. The topological polar surface area (TPSA) is 58.4 Å². The van der Waals surface area contributed by atoms with Gasteiger partial charge in [-0.15, -0.1) is 0 Å². The number of carbonyl (C=O) groups is 1. The van der Waals surface area contributed by atoms with Gasteiger partial charge in [0.15, 0.2) is 0 Å². The molecule has 1 amide bonds. The van der Waals surface area contributed by atoms with Crippen molar-refractivity contribution in [1.29, 1.82) is 0 Å². The van der Waals surface area contributed by atoms with E-state index < -0.39 is 0 Å². The van der Waals surface area contributed by atoms with Crippen LogP contribution in [-0.4, -0.2) is 43.0 Å². The Hall–Kier alpha value is -1.39. The number of piperazine rings is 1. The quantitative estimate of drug-likeness (QED) is 0.808. The number of carbonyl (C=O) groups excluding carboxylic acids is 1. The molecule has 0 bridgehead atoms. The average Bonchev–Trinajstić information content (AvgIpc) is 2.38. The van der Waals surface area contributed by atoms with E-state index in [1.54, 1.807) is 0 Å². The largest absolute Gasteiger partial charge is 0.332 e. The van der Waals surface area contributed by atoms with E-state index in [1.807, 2.05) is 36.9 Å². The smallest absolute Gasteiger partial charge is 0.254 e. The zero-order chi connectivity index (χ0) is 13.1. The summed E-state index contributed by atoms with van der Waals surface area (Å²) in [6, 6.07) is 6.06. The average molecular weight is 247 g/mol. The molecule has 18 heavy (non-hydrogen) atoms. The number of hydrogen-bond acceptors (Lipinski definition) is 3. The van der Waals surface area contributed by atoms with Crippen LogP contribution in [0.25, 0.3) is 0 Å². The molecule has 1 unspecified atom stereocenters. The minimum Gasteiger partial charge on any atom is -0.332 e. The van der Waals surface area contributed by atoms with Gasteiger partial charge in [0.25, 0.3) is 5.91 Å². The van der Waals surface area contributed by atoms with Crippen molar-refractivity contribution in [2.45, 2.75) is 19.9 Å².